The van der Waals surface area contributed by atoms with Gasteiger partial charge in [0.2, 0.25) is 5.91 Å². The molecule has 3 N–H and O–H groups in total. The van der Waals surface area contributed by atoms with Crippen LogP contribution in [-0.2, 0) is 16.0 Å². The standard InChI is InChI=1S/C25H28ClN3O3/c1-17(16-19(24(27)31)10-9-18-6-3-2-4-7-18)23(30)22-8-5-15-29(22)25(32)28-21-13-11-20(26)12-14-21/h2-4,6-7,11-14,19,22H,1,5,8-10,15-16H2,(H2,27,31)(H,28,32)/t19-,22?/m1/s1. The maximum atomic E-state index is 13.1. The number of urea groups is 1. The maximum Gasteiger partial charge on any atom is 0.322 e. The highest BCUT2D eigenvalue weighted by molar-refractivity contribution is 6.30. The molecule has 0 spiro atoms. The number of anilines is 1. The lowest BCUT2D eigenvalue weighted by molar-refractivity contribution is -0.122. The number of benzene rings is 2. The molecule has 2 aromatic carbocycles. The zero-order chi connectivity index (χ0) is 23.1. The van der Waals surface area contributed by atoms with Gasteiger partial charge in [-0.1, -0.05) is 48.5 Å². The third-order valence-electron chi connectivity index (χ3n) is 5.78. The number of carbonyl (C=O) groups is 3. The van der Waals surface area contributed by atoms with Crippen LogP contribution in [0.25, 0.3) is 0 Å². The summed E-state index contributed by atoms with van der Waals surface area (Å²) in [5, 5.41) is 3.38. The molecule has 2 atom stereocenters. The molecule has 1 aliphatic rings. The number of nitrogens with two attached hydrogens (primary N) is 1. The molecule has 1 saturated heterocycles. The van der Waals surface area contributed by atoms with E-state index in [-0.39, 0.29) is 18.2 Å². The van der Waals surface area contributed by atoms with Gasteiger partial charge in [-0.15, -0.1) is 0 Å². The molecule has 0 radical (unpaired) electrons. The minimum absolute atomic E-state index is 0.199. The van der Waals surface area contributed by atoms with E-state index >= 15 is 0 Å². The smallest absolute Gasteiger partial charge is 0.322 e. The van der Waals surface area contributed by atoms with Crippen molar-refractivity contribution in [2.45, 2.75) is 38.1 Å². The minimum atomic E-state index is -0.586. The summed E-state index contributed by atoms with van der Waals surface area (Å²) in [5.41, 5.74) is 7.64. The van der Waals surface area contributed by atoms with Gasteiger partial charge >= 0.3 is 6.03 Å². The molecule has 168 valence electrons. The lowest BCUT2D eigenvalue weighted by atomic mass is 9.89. The number of amides is 3. The molecule has 0 saturated carbocycles. The molecule has 1 heterocycles. The zero-order valence-electron chi connectivity index (χ0n) is 17.9. The van der Waals surface area contributed by atoms with Crippen LogP contribution in [-0.4, -0.2) is 35.2 Å². The monoisotopic (exact) mass is 453 g/mol. The number of hydrogen-bond donors (Lipinski definition) is 2. The van der Waals surface area contributed by atoms with Crippen LogP contribution in [0, 0.1) is 5.92 Å². The number of nitrogens with zero attached hydrogens (tertiary/aromatic N) is 1. The average Bonchev–Trinajstić information content (AvgIpc) is 3.28. The van der Waals surface area contributed by atoms with Gasteiger partial charge in [0.25, 0.3) is 0 Å². The molecule has 6 nitrogen and oxygen atoms in total. The summed E-state index contributed by atoms with van der Waals surface area (Å²) in [4.78, 5) is 39.4. The van der Waals surface area contributed by atoms with Crippen LogP contribution in [0.2, 0.25) is 5.02 Å². The van der Waals surface area contributed by atoms with E-state index in [1.54, 1.807) is 24.3 Å². The second kappa shape index (κ2) is 11.0. The predicted octanol–water partition coefficient (Wildman–Crippen LogP) is 4.59. The van der Waals surface area contributed by atoms with Crippen molar-refractivity contribution < 1.29 is 14.4 Å². The third kappa shape index (κ3) is 6.20. The van der Waals surface area contributed by atoms with Gasteiger partial charge < -0.3 is 16.0 Å². The minimum Gasteiger partial charge on any atom is -0.369 e. The number of rotatable bonds is 9. The van der Waals surface area contributed by atoms with Gasteiger partial charge in [-0.25, -0.2) is 4.79 Å². The second-order valence-corrected chi connectivity index (χ2v) is 8.52. The van der Waals surface area contributed by atoms with Crippen molar-refractivity contribution in [1.29, 1.82) is 0 Å². The number of carbonyl (C=O) groups excluding carboxylic acids is 3. The fourth-order valence-electron chi connectivity index (χ4n) is 3.98. The molecule has 2 aromatic rings. The van der Waals surface area contributed by atoms with Gasteiger partial charge in [0.15, 0.2) is 5.78 Å². The SMILES string of the molecule is C=C(C[C@@H](CCc1ccccc1)C(N)=O)C(=O)C1CCCN1C(=O)Nc1ccc(Cl)cc1. The van der Waals surface area contributed by atoms with E-state index in [1.165, 1.54) is 4.90 Å². The highest BCUT2D eigenvalue weighted by atomic mass is 35.5. The van der Waals surface area contributed by atoms with Crippen molar-refractivity contribution >= 4 is 35.0 Å². The summed E-state index contributed by atoms with van der Waals surface area (Å²) in [6.07, 6.45) is 2.72. The molecule has 32 heavy (non-hydrogen) atoms. The fraction of sp³-hybridized carbons (Fsp3) is 0.320. The van der Waals surface area contributed by atoms with Gasteiger partial charge in [0, 0.05) is 23.2 Å². The predicted molar refractivity (Wildman–Crippen MR) is 126 cm³/mol. The Morgan fingerprint density at radius 2 is 1.81 bits per heavy atom. The topological polar surface area (TPSA) is 92.5 Å². The quantitative estimate of drug-likeness (QED) is 0.544. The maximum absolute atomic E-state index is 13.1. The molecule has 3 amide bonds. The van der Waals surface area contributed by atoms with E-state index in [2.05, 4.69) is 11.9 Å². The summed E-state index contributed by atoms with van der Waals surface area (Å²) in [5.74, 6) is -1.14. The van der Waals surface area contributed by atoms with Gasteiger partial charge in [-0.3, -0.25) is 9.59 Å². The molecule has 7 heteroatoms. The lowest BCUT2D eigenvalue weighted by Gasteiger charge is -2.25. The first-order valence-electron chi connectivity index (χ1n) is 10.7. The van der Waals surface area contributed by atoms with Crippen LogP contribution >= 0.6 is 11.6 Å². The van der Waals surface area contributed by atoms with Crippen LogP contribution in [0.4, 0.5) is 10.5 Å². The molecule has 3 rings (SSSR count). The van der Waals surface area contributed by atoms with E-state index in [4.69, 9.17) is 17.3 Å². The van der Waals surface area contributed by atoms with Crippen LogP contribution < -0.4 is 11.1 Å². The number of likely N-dealkylation sites (tertiary alicyclic amines) is 1. The fourth-order valence-corrected chi connectivity index (χ4v) is 4.10. The molecule has 1 fully saturated rings. The highest BCUT2D eigenvalue weighted by Crippen LogP contribution is 2.25. The van der Waals surface area contributed by atoms with Crippen molar-refractivity contribution in [2.75, 3.05) is 11.9 Å². The molecular weight excluding hydrogens is 426 g/mol. The summed E-state index contributed by atoms with van der Waals surface area (Å²) >= 11 is 5.89. The van der Waals surface area contributed by atoms with Crippen LogP contribution in [0.5, 0.6) is 0 Å². The third-order valence-corrected chi connectivity index (χ3v) is 6.03. The summed E-state index contributed by atoms with van der Waals surface area (Å²) in [6, 6.07) is 15.7. The van der Waals surface area contributed by atoms with E-state index < -0.39 is 17.9 Å². The summed E-state index contributed by atoms with van der Waals surface area (Å²) < 4.78 is 0. The van der Waals surface area contributed by atoms with Gasteiger partial charge in [-0.05, 0) is 67.5 Å². The molecular formula is C25H28ClN3O3. The number of halogens is 1. The normalized spacial score (nSPS) is 16.4. The molecule has 0 aliphatic carbocycles. The number of nitrogens with one attached hydrogen (secondary N) is 1. The first-order valence-corrected chi connectivity index (χ1v) is 11.1. The van der Waals surface area contributed by atoms with Gasteiger partial charge in [0.05, 0.1) is 6.04 Å². The van der Waals surface area contributed by atoms with Crippen LogP contribution in [0.15, 0.2) is 66.7 Å². The van der Waals surface area contributed by atoms with Crippen molar-refractivity contribution in [3.05, 3.63) is 77.3 Å². The lowest BCUT2D eigenvalue weighted by Crippen LogP contribution is -2.43. The van der Waals surface area contributed by atoms with E-state index in [0.717, 1.165) is 12.0 Å². The van der Waals surface area contributed by atoms with Crippen molar-refractivity contribution in [3.63, 3.8) is 0 Å². The number of Topliss-reactive ketones (excluding diaryl/α,β-unsaturated/α-hetero) is 1. The van der Waals surface area contributed by atoms with E-state index in [1.807, 2.05) is 30.3 Å². The van der Waals surface area contributed by atoms with Gasteiger partial charge in [-0.2, -0.15) is 0 Å². The van der Waals surface area contributed by atoms with E-state index in [0.29, 0.717) is 42.1 Å². The average molecular weight is 454 g/mol. The summed E-state index contributed by atoms with van der Waals surface area (Å²) in [7, 11) is 0. The molecule has 1 aliphatic heterocycles. The van der Waals surface area contributed by atoms with Crippen molar-refractivity contribution in [3.8, 4) is 0 Å². The van der Waals surface area contributed by atoms with E-state index in [9.17, 15) is 14.4 Å². The molecule has 1 unspecified atom stereocenters. The number of aryl methyl sites for hydroxylation is 1. The summed E-state index contributed by atoms with van der Waals surface area (Å²) in [6.45, 7) is 4.42. The Hall–Kier alpha value is -3.12. The van der Waals surface area contributed by atoms with Crippen molar-refractivity contribution in [1.82, 2.24) is 4.90 Å². The molecule has 0 bridgehead atoms. The first kappa shape index (κ1) is 23.5. The van der Waals surface area contributed by atoms with Crippen LogP contribution in [0.3, 0.4) is 0 Å². The second-order valence-electron chi connectivity index (χ2n) is 8.08. The largest absolute Gasteiger partial charge is 0.369 e. The zero-order valence-corrected chi connectivity index (χ0v) is 18.7. The Kier molecular flexibility index (Phi) is 8.06. The Balaban J connectivity index is 1.59. The molecule has 0 aromatic heterocycles. The Labute approximate surface area is 193 Å². The number of ketones is 1. The van der Waals surface area contributed by atoms with Crippen LogP contribution in [0.1, 0.15) is 31.2 Å². The Morgan fingerprint density at radius 1 is 1.12 bits per heavy atom. The van der Waals surface area contributed by atoms with Gasteiger partial charge in [0.1, 0.15) is 0 Å². The Morgan fingerprint density at radius 3 is 2.47 bits per heavy atom. The number of hydrogen-bond acceptors (Lipinski definition) is 3. The highest BCUT2D eigenvalue weighted by Gasteiger charge is 2.35. The number of primary amides is 1. The Bertz CT molecular complexity index is 976. The first-order chi connectivity index (χ1) is 15.3. The van der Waals surface area contributed by atoms with Crippen molar-refractivity contribution in [2.24, 2.45) is 11.7 Å².